The van der Waals surface area contributed by atoms with Crippen LogP contribution in [-0.2, 0) is 5.41 Å². The van der Waals surface area contributed by atoms with Gasteiger partial charge in [-0.15, -0.1) is 0 Å². The van der Waals surface area contributed by atoms with Crippen LogP contribution in [0.25, 0.3) is 5.52 Å². The fraction of sp³-hybridized carbons (Fsp3) is 0.600. The number of anilines is 1. The summed E-state index contributed by atoms with van der Waals surface area (Å²) in [5.41, 5.74) is 2.01. The van der Waals surface area contributed by atoms with Crippen molar-refractivity contribution >= 4 is 11.3 Å². The molecule has 0 aromatic carbocycles. The van der Waals surface area contributed by atoms with E-state index in [9.17, 15) is 5.11 Å². The van der Waals surface area contributed by atoms with Crippen LogP contribution >= 0.6 is 0 Å². The average molecular weight is 274 g/mol. The van der Waals surface area contributed by atoms with Gasteiger partial charge in [0.2, 0.25) is 0 Å². The van der Waals surface area contributed by atoms with E-state index in [1.807, 2.05) is 10.7 Å². The Morgan fingerprint density at radius 2 is 2.20 bits per heavy atom. The van der Waals surface area contributed by atoms with E-state index >= 15 is 0 Å². The number of hydrogen-bond acceptors (Lipinski definition) is 4. The molecule has 2 aromatic heterocycles. The van der Waals surface area contributed by atoms with E-state index in [2.05, 4.69) is 42.2 Å². The van der Waals surface area contributed by atoms with Crippen molar-refractivity contribution in [3.8, 4) is 0 Å². The van der Waals surface area contributed by atoms with Gasteiger partial charge < -0.3 is 10.4 Å². The van der Waals surface area contributed by atoms with Gasteiger partial charge in [-0.25, -0.2) is 9.50 Å². The van der Waals surface area contributed by atoms with E-state index in [0.717, 1.165) is 29.9 Å². The third kappa shape index (κ3) is 2.63. The second-order valence-electron chi connectivity index (χ2n) is 6.67. The Bertz CT molecular complexity index is 610. The van der Waals surface area contributed by atoms with Crippen molar-refractivity contribution in [1.82, 2.24) is 14.6 Å². The van der Waals surface area contributed by atoms with Gasteiger partial charge in [0.25, 0.3) is 0 Å². The van der Waals surface area contributed by atoms with Crippen molar-refractivity contribution in [2.24, 2.45) is 5.92 Å². The lowest BCUT2D eigenvalue weighted by atomic mass is 9.92. The summed E-state index contributed by atoms with van der Waals surface area (Å²) in [5.74, 6) is 1.26. The summed E-state index contributed by atoms with van der Waals surface area (Å²) in [7, 11) is 0. The molecule has 1 unspecified atom stereocenters. The minimum atomic E-state index is -0.276. The molecule has 1 fully saturated rings. The number of aromatic nitrogens is 3. The summed E-state index contributed by atoms with van der Waals surface area (Å²) < 4.78 is 1.85. The average Bonchev–Trinajstić information content (AvgIpc) is 3.13. The lowest BCUT2D eigenvalue weighted by molar-refractivity contribution is 0.164. The van der Waals surface area contributed by atoms with E-state index in [0.29, 0.717) is 12.5 Å². The predicted octanol–water partition coefficient (Wildman–Crippen LogP) is 2.21. The molecule has 0 bridgehead atoms. The molecule has 2 heterocycles. The minimum absolute atomic E-state index is 0.0107. The van der Waals surface area contributed by atoms with E-state index < -0.39 is 0 Å². The quantitative estimate of drug-likeness (QED) is 0.897. The second kappa shape index (κ2) is 4.74. The maximum Gasteiger partial charge on any atom is 0.152 e. The van der Waals surface area contributed by atoms with Crippen molar-refractivity contribution in [1.29, 1.82) is 0 Å². The summed E-state index contributed by atoms with van der Waals surface area (Å²) in [4.78, 5) is 4.37. The molecule has 0 amide bonds. The van der Waals surface area contributed by atoms with Gasteiger partial charge in [-0.05, 0) is 24.8 Å². The van der Waals surface area contributed by atoms with Crippen LogP contribution in [0.3, 0.4) is 0 Å². The molecule has 1 aliphatic rings. The molecule has 5 nitrogen and oxygen atoms in total. The zero-order chi connectivity index (χ0) is 14.3. The first-order valence-electron chi connectivity index (χ1n) is 7.22. The van der Waals surface area contributed by atoms with Gasteiger partial charge in [-0.1, -0.05) is 20.8 Å². The first-order chi connectivity index (χ1) is 9.45. The van der Waals surface area contributed by atoms with Gasteiger partial charge in [-0.2, -0.15) is 5.10 Å². The second-order valence-corrected chi connectivity index (χ2v) is 6.67. The molecule has 3 rings (SSSR count). The van der Waals surface area contributed by atoms with Crippen molar-refractivity contribution in [2.75, 3.05) is 11.9 Å². The first-order valence-corrected chi connectivity index (χ1v) is 7.22. The molecule has 5 heteroatoms. The lowest BCUT2D eigenvalue weighted by Crippen LogP contribution is -2.22. The Labute approximate surface area is 119 Å². The number of fused-ring (bicyclic) bond motifs is 1. The molecule has 0 saturated heterocycles. The zero-order valence-corrected chi connectivity index (χ0v) is 12.3. The molecule has 1 atom stereocenters. The molecule has 2 N–H and O–H groups in total. The number of nitrogens with zero attached hydrogens (tertiary/aromatic N) is 3. The topological polar surface area (TPSA) is 62.5 Å². The Morgan fingerprint density at radius 3 is 2.85 bits per heavy atom. The van der Waals surface area contributed by atoms with Gasteiger partial charge in [0.1, 0.15) is 5.52 Å². The number of nitrogens with one attached hydrogen (secondary N) is 1. The molecule has 1 saturated carbocycles. The molecular formula is C15H22N4O. The molecule has 20 heavy (non-hydrogen) atoms. The number of aliphatic hydroxyl groups excluding tert-OH is 1. The fourth-order valence-corrected chi connectivity index (χ4v) is 2.27. The monoisotopic (exact) mass is 274 g/mol. The van der Waals surface area contributed by atoms with Gasteiger partial charge in [0, 0.05) is 24.4 Å². The highest BCUT2D eigenvalue weighted by atomic mass is 16.3. The maximum atomic E-state index is 9.94. The van der Waals surface area contributed by atoms with Crippen molar-refractivity contribution < 1.29 is 5.11 Å². The lowest BCUT2D eigenvalue weighted by Gasteiger charge is -2.13. The summed E-state index contributed by atoms with van der Waals surface area (Å²) in [6, 6.07) is 2.07. The van der Waals surface area contributed by atoms with Crippen molar-refractivity contribution in [2.45, 2.75) is 45.1 Å². The van der Waals surface area contributed by atoms with E-state index in [4.69, 9.17) is 0 Å². The molecule has 108 valence electrons. The van der Waals surface area contributed by atoms with Crippen LogP contribution in [0, 0.1) is 5.92 Å². The predicted molar refractivity (Wildman–Crippen MR) is 78.9 cm³/mol. The van der Waals surface area contributed by atoms with Crippen LogP contribution in [0.2, 0.25) is 0 Å². The van der Waals surface area contributed by atoms with Gasteiger partial charge in [0.15, 0.2) is 5.82 Å². The highest BCUT2D eigenvalue weighted by Crippen LogP contribution is 2.32. The third-order valence-electron chi connectivity index (χ3n) is 3.80. The Morgan fingerprint density at radius 1 is 1.45 bits per heavy atom. The van der Waals surface area contributed by atoms with Crippen molar-refractivity contribution in [3.05, 3.63) is 24.2 Å². The minimum Gasteiger partial charge on any atom is -0.391 e. The van der Waals surface area contributed by atoms with Crippen LogP contribution in [0.1, 0.15) is 39.3 Å². The molecule has 0 spiro atoms. The highest BCUT2D eigenvalue weighted by molar-refractivity contribution is 5.68. The molecule has 1 aliphatic carbocycles. The zero-order valence-electron chi connectivity index (χ0n) is 12.3. The third-order valence-corrected chi connectivity index (χ3v) is 3.80. The first kappa shape index (κ1) is 13.4. The van der Waals surface area contributed by atoms with Crippen LogP contribution in [0.4, 0.5) is 5.82 Å². The Balaban J connectivity index is 1.84. The summed E-state index contributed by atoms with van der Waals surface area (Å²) in [6.45, 7) is 6.98. The summed E-state index contributed by atoms with van der Waals surface area (Å²) in [5, 5.41) is 17.8. The summed E-state index contributed by atoms with van der Waals surface area (Å²) in [6.07, 6.45) is 5.59. The summed E-state index contributed by atoms with van der Waals surface area (Å²) >= 11 is 0. The normalized spacial score (nSPS) is 17.4. The molecule has 0 aliphatic heterocycles. The van der Waals surface area contributed by atoms with Gasteiger partial charge in [-0.3, -0.25) is 0 Å². The molecular weight excluding hydrogens is 252 g/mol. The van der Waals surface area contributed by atoms with Crippen LogP contribution in [0.15, 0.2) is 18.5 Å². The van der Waals surface area contributed by atoms with E-state index in [-0.39, 0.29) is 11.5 Å². The molecule has 0 radical (unpaired) electrons. The number of hydrogen-bond donors (Lipinski definition) is 2. The smallest absolute Gasteiger partial charge is 0.152 e. The van der Waals surface area contributed by atoms with Crippen molar-refractivity contribution in [3.63, 3.8) is 0 Å². The van der Waals surface area contributed by atoms with E-state index in [1.54, 1.807) is 6.20 Å². The molecule has 2 aromatic rings. The van der Waals surface area contributed by atoms with Crippen LogP contribution in [-0.4, -0.2) is 32.4 Å². The van der Waals surface area contributed by atoms with Gasteiger partial charge >= 0.3 is 0 Å². The van der Waals surface area contributed by atoms with Crippen LogP contribution in [0.5, 0.6) is 0 Å². The van der Waals surface area contributed by atoms with Crippen LogP contribution < -0.4 is 5.32 Å². The maximum absolute atomic E-state index is 9.94. The Kier molecular flexibility index (Phi) is 3.17. The largest absolute Gasteiger partial charge is 0.391 e. The highest BCUT2D eigenvalue weighted by Gasteiger charge is 2.29. The van der Waals surface area contributed by atoms with Gasteiger partial charge in [0.05, 0.1) is 11.8 Å². The SMILES string of the molecule is CC(C)(C)c1cc2c(NCC(O)C3CC3)nccn2n1. The Hall–Kier alpha value is -1.62. The standard InChI is InChI=1S/C15H22N4O/c1-15(2,3)13-8-11-14(16-6-7-19(11)18-13)17-9-12(20)10-4-5-10/h6-8,10,12,20H,4-5,9H2,1-3H3,(H,16,17). The fourth-order valence-electron chi connectivity index (χ4n) is 2.27. The number of aliphatic hydroxyl groups is 1. The number of rotatable bonds is 4. The van der Waals surface area contributed by atoms with E-state index in [1.165, 1.54) is 0 Å².